The Morgan fingerprint density at radius 2 is 1.84 bits per heavy atom. The topological polar surface area (TPSA) is 40.6 Å². The van der Waals surface area contributed by atoms with Crippen molar-refractivity contribution in [1.82, 2.24) is 4.90 Å². The van der Waals surface area contributed by atoms with E-state index < -0.39 is 0 Å². The number of urea groups is 1. The second kappa shape index (κ2) is 6.41. The van der Waals surface area contributed by atoms with Crippen molar-refractivity contribution in [3.63, 3.8) is 0 Å². The highest BCUT2D eigenvalue weighted by atomic mass is 32.2. The van der Waals surface area contributed by atoms with E-state index in [1.54, 1.807) is 4.90 Å². The summed E-state index contributed by atoms with van der Waals surface area (Å²) in [4.78, 5) is 29.2. The Morgan fingerprint density at radius 1 is 1.04 bits per heavy atom. The predicted octanol–water partition coefficient (Wildman–Crippen LogP) is 3.96. The van der Waals surface area contributed by atoms with Crippen LogP contribution in [0.2, 0.25) is 0 Å². The van der Waals surface area contributed by atoms with Crippen molar-refractivity contribution in [1.29, 1.82) is 0 Å². The van der Waals surface area contributed by atoms with Crippen molar-refractivity contribution in [2.75, 3.05) is 4.90 Å². The Hall–Kier alpha value is -2.53. The van der Waals surface area contributed by atoms with E-state index in [1.165, 1.54) is 16.7 Å². The van der Waals surface area contributed by atoms with Gasteiger partial charge in [0.05, 0.1) is 11.7 Å². The first-order valence-electron chi connectivity index (χ1n) is 8.22. The normalized spacial score (nSPS) is 22.4. The second-order valence-corrected chi connectivity index (χ2v) is 7.34. The van der Waals surface area contributed by atoms with Crippen LogP contribution in [0.15, 0.2) is 66.1 Å². The van der Waals surface area contributed by atoms with Gasteiger partial charge in [-0.15, -0.1) is 11.8 Å². The van der Waals surface area contributed by atoms with E-state index in [9.17, 15) is 9.59 Å². The molecule has 5 heteroatoms. The van der Waals surface area contributed by atoms with E-state index in [0.29, 0.717) is 12.2 Å². The summed E-state index contributed by atoms with van der Waals surface area (Å²) in [5, 5.41) is 1.65. The molecule has 0 aliphatic carbocycles. The van der Waals surface area contributed by atoms with Gasteiger partial charge in [-0.1, -0.05) is 48.5 Å². The molecule has 2 aromatic carbocycles. The molecule has 0 aromatic heterocycles. The van der Waals surface area contributed by atoms with Gasteiger partial charge in [-0.05, 0) is 35.6 Å². The Morgan fingerprint density at radius 3 is 2.60 bits per heavy atom. The number of thioether (sulfide) groups is 1. The molecule has 0 spiro atoms. The number of amides is 3. The molecule has 1 saturated heterocycles. The summed E-state index contributed by atoms with van der Waals surface area (Å²) in [6.07, 6.45) is 1.96. The van der Waals surface area contributed by atoms with Gasteiger partial charge < -0.3 is 4.90 Å². The Bertz CT molecular complexity index is 850. The highest BCUT2D eigenvalue weighted by Gasteiger charge is 2.47. The molecule has 2 aromatic rings. The lowest BCUT2D eigenvalue weighted by Crippen LogP contribution is -2.61. The van der Waals surface area contributed by atoms with Crippen LogP contribution in [0.1, 0.15) is 11.1 Å². The van der Waals surface area contributed by atoms with Crippen molar-refractivity contribution < 1.29 is 9.59 Å². The maximum Gasteiger partial charge on any atom is 0.332 e. The molecule has 1 fully saturated rings. The molecule has 0 saturated carbocycles. The molecular formula is C20H18N2O2S. The number of imide groups is 1. The standard InChI is InChI=1S/C20H18N2O2S/c1-14-6-5-9-16(12-14)22-19(23)18-17(10-11-25-18)21(20(22)24)13-15-7-3-2-4-8-15/h2-12,17-18H,13H2,1H3. The van der Waals surface area contributed by atoms with Crippen LogP contribution < -0.4 is 4.90 Å². The molecule has 25 heavy (non-hydrogen) atoms. The maximum atomic E-state index is 13.2. The first-order chi connectivity index (χ1) is 12.1. The van der Waals surface area contributed by atoms with Crippen molar-refractivity contribution in [3.05, 3.63) is 77.2 Å². The Labute approximate surface area is 151 Å². The van der Waals surface area contributed by atoms with Crippen LogP contribution in [0.4, 0.5) is 10.5 Å². The van der Waals surface area contributed by atoms with Crippen molar-refractivity contribution >= 4 is 29.4 Å². The number of carbonyl (C=O) groups excluding carboxylic acids is 2. The van der Waals surface area contributed by atoms with Gasteiger partial charge in [0.15, 0.2) is 0 Å². The van der Waals surface area contributed by atoms with E-state index in [0.717, 1.165) is 11.1 Å². The van der Waals surface area contributed by atoms with Crippen LogP contribution in [0.5, 0.6) is 0 Å². The van der Waals surface area contributed by atoms with E-state index in [4.69, 9.17) is 0 Å². The van der Waals surface area contributed by atoms with E-state index in [2.05, 4.69) is 0 Å². The summed E-state index contributed by atoms with van der Waals surface area (Å²) in [6.45, 7) is 2.44. The van der Waals surface area contributed by atoms with Gasteiger partial charge in [-0.3, -0.25) is 4.79 Å². The van der Waals surface area contributed by atoms with Crippen LogP contribution in [0, 0.1) is 6.92 Å². The van der Waals surface area contributed by atoms with Gasteiger partial charge in [0.1, 0.15) is 5.25 Å². The van der Waals surface area contributed by atoms with Crippen LogP contribution in [0.3, 0.4) is 0 Å². The van der Waals surface area contributed by atoms with Crippen LogP contribution in [-0.4, -0.2) is 28.1 Å². The van der Waals surface area contributed by atoms with Crippen LogP contribution in [0.25, 0.3) is 0 Å². The highest BCUT2D eigenvalue weighted by Crippen LogP contribution is 2.37. The quantitative estimate of drug-likeness (QED) is 0.841. The largest absolute Gasteiger partial charge is 0.332 e. The zero-order chi connectivity index (χ0) is 17.4. The smallest absolute Gasteiger partial charge is 0.312 e. The number of aryl methyl sites for hydroxylation is 1. The Kier molecular flexibility index (Phi) is 4.09. The summed E-state index contributed by atoms with van der Waals surface area (Å²) in [7, 11) is 0. The average Bonchev–Trinajstić information content (AvgIpc) is 3.10. The molecule has 0 N–H and O–H groups in total. The Balaban J connectivity index is 1.71. The summed E-state index contributed by atoms with van der Waals surface area (Å²) >= 11 is 1.49. The molecule has 2 aliphatic heterocycles. The predicted molar refractivity (Wildman–Crippen MR) is 100 cm³/mol. The summed E-state index contributed by atoms with van der Waals surface area (Å²) in [5.41, 5.74) is 2.71. The number of carbonyl (C=O) groups is 2. The molecular weight excluding hydrogens is 332 g/mol. The van der Waals surface area contributed by atoms with Crippen molar-refractivity contribution in [2.45, 2.75) is 24.8 Å². The molecule has 126 valence electrons. The first kappa shape index (κ1) is 16.0. The van der Waals surface area contributed by atoms with Gasteiger partial charge in [0, 0.05) is 6.54 Å². The van der Waals surface area contributed by atoms with Gasteiger partial charge in [-0.25, -0.2) is 9.69 Å². The average molecular weight is 350 g/mol. The highest BCUT2D eigenvalue weighted by molar-refractivity contribution is 8.03. The number of hydrogen-bond donors (Lipinski definition) is 0. The molecule has 0 bridgehead atoms. The number of fused-ring (bicyclic) bond motifs is 1. The fourth-order valence-electron chi connectivity index (χ4n) is 3.30. The molecule has 2 aliphatic rings. The summed E-state index contributed by atoms with van der Waals surface area (Å²) in [5.74, 6) is -0.139. The number of nitrogens with zero attached hydrogens (tertiary/aromatic N) is 2. The maximum absolute atomic E-state index is 13.2. The molecule has 4 rings (SSSR count). The van der Waals surface area contributed by atoms with E-state index in [-0.39, 0.29) is 23.2 Å². The third-order valence-corrected chi connectivity index (χ3v) is 5.62. The molecule has 2 heterocycles. The lowest BCUT2D eigenvalue weighted by molar-refractivity contribution is -0.119. The first-order valence-corrected chi connectivity index (χ1v) is 9.17. The number of rotatable bonds is 3. The molecule has 2 atom stereocenters. The van der Waals surface area contributed by atoms with Crippen LogP contribution in [-0.2, 0) is 11.3 Å². The molecule has 4 nitrogen and oxygen atoms in total. The SMILES string of the molecule is Cc1cccc(N2C(=O)C3SC=CC3N(Cc3ccccc3)C2=O)c1. The zero-order valence-electron chi connectivity index (χ0n) is 13.8. The lowest BCUT2D eigenvalue weighted by atomic mass is 10.1. The molecule has 2 unspecified atom stereocenters. The second-order valence-electron chi connectivity index (χ2n) is 6.28. The molecule has 0 radical (unpaired) electrons. The number of benzene rings is 2. The fourth-order valence-corrected chi connectivity index (χ4v) is 4.34. The third kappa shape index (κ3) is 2.85. The monoisotopic (exact) mass is 350 g/mol. The van der Waals surface area contributed by atoms with Gasteiger partial charge in [0.2, 0.25) is 0 Å². The van der Waals surface area contributed by atoms with Gasteiger partial charge >= 0.3 is 6.03 Å². The van der Waals surface area contributed by atoms with Crippen molar-refractivity contribution in [2.24, 2.45) is 0 Å². The zero-order valence-corrected chi connectivity index (χ0v) is 14.6. The third-order valence-electron chi connectivity index (χ3n) is 4.53. The molecule has 3 amide bonds. The van der Waals surface area contributed by atoms with Gasteiger partial charge in [0.25, 0.3) is 5.91 Å². The van der Waals surface area contributed by atoms with Gasteiger partial charge in [-0.2, -0.15) is 0 Å². The number of hydrogen-bond acceptors (Lipinski definition) is 3. The van der Waals surface area contributed by atoms with E-state index >= 15 is 0 Å². The lowest BCUT2D eigenvalue weighted by Gasteiger charge is -2.41. The fraction of sp³-hybridized carbons (Fsp3) is 0.200. The van der Waals surface area contributed by atoms with E-state index in [1.807, 2.05) is 73.0 Å². The number of anilines is 1. The minimum atomic E-state index is -0.276. The summed E-state index contributed by atoms with van der Waals surface area (Å²) in [6, 6.07) is 17.0. The van der Waals surface area contributed by atoms with Crippen LogP contribution >= 0.6 is 11.8 Å². The van der Waals surface area contributed by atoms with Crippen molar-refractivity contribution in [3.8, 4) is 0 Å². The minimum Gasteiger partial charge on any atom is -0.312 e. The minimum absolute atomic E-state index is 0.139. The summed E-state index contributed by atoms with van der Waals surface area (Å²) < 4.78 is 0.